The fourth-order valence-corrected chi connectivity index (χ4v) is 3.65. The van der Waals surface area contributed by atoms with Gasteiger partial charge in [0.05, 0.1) is 18.7 Å². The lowest BCUT2D eigenvalue weighted by Crippen LogP contribution is -2.10. The summed E-state index contributed by atoms with van der Waals surface area (Å²) < 4.78 is 7.22. The molecule has 0 saturated heterocycles. The number of aryl methyl sites for hydroxylation is 2. The second kappa shape index (κ2) is 5.33. The van der Waals surface area contributed by atoms with Gasteiger partial charge in [-0.25, -0.2) is 4.98 Å². The van der Waals surface area contributed by atoms with Crippen LogP contribution in [0.2, 0.25) is 0 Å². The number of aromatic nitrogens is 2. The Bertz CT molecular complexity index is 600. The van der Waals surface area contributed by atoms with Crippen molar-refractivity contribution in [3.63, 3.8) is 0 Å². The van der Waals surface area contributed by atoms with Crippen molar-refractivity contribution in [1.82, 2.24) is 9.38 Å². The minimum Gasteiger partial charge on any atom is -0.466 e. The van der Waals surface area contributed by atoms with Gasteiger partial charge in [0.2, 0.25) is 0 Å². The Kier molecular flexibility index (Phi) is 3.55. The van der Waals surface area contributed by atoms with Gasteiger partial charge < -0.3 is 4.74 Å². The molecule has 0 radical (unpaired) electrons. The zero-order valence-electron chi connectivity index (χ0n) is 11.1. The highest BCUT2D eigenvalue weighted by Gasteiger charge is 2.19. The lowest BCUT2D eigenvalue weighted by molar-refractivity contribution is -0.142. The summed E-state index contributed by atoms with van der Waals surface area (Å²) in [5.74, 6) is -0.154. The summed E-state index contributed by atoms with van der Waals surface area (Å²) >= 11 is 1.62. The van der Waals surface area contributed by atoms with Gasteiger partial charge in [-0.1, -0.05) is 6.42 Å². The van der Waals surface area contributed by atoms with Crippen LogP contribution in [-0.4, -0.2) is 22.0 Å². The van der Waals surface area contributed by atoms with Crippen molar-refractivity contribution in [1.29, 1.82) is 0 Å². The zero-order valence-corrected chi connectivity index (χ0v) is 12.0. The first kappa shape index (κ1) is 12.7. The second-order valence-corrected chi connectivity index (χ2v) is 5.73. The summed E-state index contributed by atoms with van der Waals surface area (Å²) in [7, 11) is 0. The first-order valence-electron chi connectivity index (χ1n) is 6.91. The molecule has 0 amide bonds. The van der Waals surface area contributed by atoms with Crippen molar-refractivity contribution in [3.05, 3.63) is 22.5 Å². The van der Waals surface area contributed by atoms with Gasteiger partial charge in [0.15, 0.2) is 4.96 Å². The quantitative estimate of drug-likeness (QED) is 0.640. The number of esters is 1. The maximum Gasteiger partial charge on any atom is 0.311 e. The third kappa shape index (κ3) is 2.39. The van der Waals surface area contributed by atoms with E-state index in [9.17, 15) is 4.79 Å². The molecule has 0 spiro atoms. The fourth-order valence-electron chi connectivity index (χ4n) is 2.72. The Morgan fingerprint density at radius 1 is 1.42 bits per heavy atom. The topological polar surface area (TPSA) is 43.6 Å². The molecule has 0 N–H and O–H groups in total. The highest BCUT2D eigenvalue weighted by Crippen LogP contribution is 2.26. The lowest BCUT2D eigenvalue weighted by Gasteiger charge is -2.04. The molecule has 0 unspecified atom stereocenters. The van der Waals surface area contributed by atoms with Crippen LogP contribution in [0.1, 0.15) is 43.3 Å². The molecule has 2 aromatic heterocycles. The molecular weight excluding hydrogens is 260 g/mol. The van der Waals surface area contributed by atoms with E-state index >= 15 is 0 Å². The molecule has 2 aromatic rings. The lowest BCUT2D eigenvalue weighted by atomic mass is 10.2. The summed E-state index contributed by atoms with van der Waals surface area (Å²) in [5.41, 5.74) is 3.57. The van der Waals surface area contributed by atoms with Crippen molar-refractivity contribution < 1.29 is 9.53 Å². The monoisotopic (exact) mass is 278 g/mol. The molecule has 2 heterocycles. The molecule has 102 valence electrons. The van der Waals surface area contributed by atoms with E-state index in [0.29, 0.717) is 13.0 Å². The molecule has 0 fully saturated rings. The number of hydrogen-bond acceptors (Lipinski definition) is 4. The Labute approximate surface area is 116 Å². The van der Waals surface area contributed by atoms with Crippen molar-refractivity contribution in [2.75, 3.05) is 6.61 Å². The molecule has 0 aromatic carbocycles. The Balaban J connectivity index is 1.96. The van der Waals surface area contributed by atoms with Crippen LogP contribution < -0.4 is 0 Å². The smallest absolute Gasteiger partial charge is 0.311 e. The summed E-state index contributed by atoms with van der Waals surface area (Å²) in [5, 5.41) is 2.03. The minimum absolute atomic E-state index is 0.154. The third-order valence-corrected chi connectivity index (χ3v) is 4.45. The van der Waals surface area contributed by atoms with Crippen LogP contribution in [-0.2, 0) is 28.8 Å². The van der Waals surface area contributed by atoms with Crippen LogP contribution in [0.4, 0.5) is 0 Å². The van der Waals surface area contributed by atoms with Gasteiger partial charge >= 0.3 is 5.97 Å². The predicted octanol–water partition coefficient (Wildman–Crippen LogP) is 2.77. The van der Waals surface area contributed by atoms with E-state index in [1.54, 1.807) is 11.3 Å². The molecular formula is C14H18N2O2S. The number of fused-ring (bicyclic) bond motifs is 3. The van der Waals surface area contributed by atoms with Gasteiger partial charge in [-0.05, 0) is 32.6 Å². The average Bonchev–Trinajstić information content (AvgIpc) is 2.83. The van der Waals surface area contributed by atoms with Crippen LogP contribution in [0, 0.1) is 0 Å². The molecule has 0 atom stereocenters. The standard InChI is InChI=1S/C14H18N2O2S/c1-2-18-13(17)8-10-9-19-14-15-11-6-4-3-5-7-12(11)16(10)14/h9H,2-8H2,1H3. The molecule has 0 saturated carbocycles. The Morgan fingerprint density at radius 3 is 3.11 bits per heavy atom. The highest BCUT2D eigenvalue weighted by molar-refractivity contribution is 7.15. The maximum absolute atomic E-state index is 11.7. The summed E-state index contributed by atoms with van der Waals surface area (Å²) in [4.78, 5) is 17.4. The molecule has 5 heteroatoms. The normalized spacial score (nSPS) is 15.2. The molecule has 3 rings (SSSR count). The van der Waals surface area contributed by atoms with E-state index in [1.807, 2.05) is 12.3 Å². The van der Waals surface area contributed by atoms with Crippen molar-refractivity contribution in [3.8, 4) is 0 Å². The van der Waals surface area contributed by atoms with E-state index in [4.69, 9.17) is 9.72 Å². The Morgan fingerprint density at radius 2 is 2.26 bits per heavy atom. The Hall–Kier alpha value is -1.36. The number of nitrogens with zero attached hydrogens (tertiary/aromatic N) is 2. The number of rotatable bonds is 3. The third-order valence-electron chi connectivity index (χ3n) is 3.57. The van der Waals surface area contributed by atoms with E-state index in [2.05, 4.69) is 4.40 Å². The van der Waals surface area contributed by atoms with Crippen LogP contribution in [0.25, 0.3) is 4.96 Å². The summed E-state index contributed by atoms with van der Waals surface area (Å²) in [6.45, 7) is 2.28. The van der Waals surface area contributed by atoms with Crippen molar-refractivity contribution >= 4 is 22.3 Å². The zero-order chi connectivity index (χ0) is 13.2. The van der Waals surface area contributed by atoms with E-state index in [0.717, 1.165) is 23.5 Å². The number of hydrogen-bond donors (Lipinski definition) is 0. The van der Waals surface area contributed by atoms with Gasteiger partial charge in [-0.2, -0.15) is 0 Å². The SMILES string of the molecule is CCOC(=O)Cc1csc2nc3c(n12)CCCCC3. The fraction of sp³-hybridized carbons (Fsp3) is 0.571. The van der Waals surface area contributed by atoms with Crippen LogP contribution in [0.5, 0.6) is 0 Å². The van der Waals surface area contributed by atoms with Crippen molar-refractivity contribution in [2.24, 2.45) is 0 Å². The second-order valence-electron chi connectivity index (χ2n) is 4.89. The first-order chi connectivity index (χ1) is 9.29. The van der Waals surface area contributed by atoms with Crippen LogP contribution in [0.15, 0.2) is 5.38 Å². The number of imidazole rings is 1. The average molecular weight is 278 g/mol. The van der Waals surface area contributed by atoms with Gasteiger partial charge in [0.25, 0.3) is 0 Å². The molecule has 0 aliphatic heterocycles. The maximum atomic E-state index is 11.7. The number of carbonyl (C=O) groups is 1. The summed E-state index contributed by atoms with van der Waals surface area (Å²) in [6, 6.07) is 0. The first-order valence-corrected chi connectivity index (χ1v) is 7.79. The minimum atomic E-state index is -0.154. The molecule has 0 bridgehead atoms. The number of ether oxygens (including phenoxy) is 1. The van der Waals surface area contributed by atoms with Crippen molar-refractivity contribution in [2.45, 2.75) is 45.4 Å². The van der Waals surface area contributed by atoms with Crippen LogP contribution in [0.3, 0.4) is 0 Å². The van der Waals surface area contributed by atoms with E-state index in [1.165, 1.54) is 30.7 Å². The van der Waals surface area contributed by atoms with Gasteiger partial charge in [0, 0.05) is 16.8 Å². The van der Waals surface area contributed by atoms with E-state index in [-0.39, 0.29) is 5.97 Å². The summed E-state index contributed by atoms with van der Waals surface area (Å²) in [6.07, 6.45) is 6.21. The molecule has 19 heavy (non-hydrogen) atoms. The van der Waals surface area contributed by atoms with Gasteiger partial charge in [-0.3, -0.25) is 9.20 Å². The molecule has 4 nitrogen and oxygen atoms in total. The van der Waals surface area contributed by atoms with E-state index < -0.39 is 0 Å². The largest absolute Gasteiger partial charge is 0.466 e. The predicted molar refractivity (Wildman–Crippen MR) is 74.7 cm³/mol. The van der Waals surface area contributed by atoms with Gasteiger partial charge in [-0.15, -0.1) is 11.3 Å². The van der Waals surface area contributed by atoms with Gasteiger partial charge in [0.1, 0.15) is 0 Å². The molecule has 1 aliphatic rings. The number of carbonyl (C=O) groups excluding carboxylic acids is 1. The number of thiazole rings is 1. The van der Waals surface area contributed by atoms with Crippen LogP contribution >= 0.6 is 11.3 Å². The molecule has 1 aliphatic carbocycles. The highest BCUT2D eigenvalue weighted by atomic mass is 32.1.